The molecule has 0 aliphatic rings. The van der Waals surface area contributed by atoms with E-state index in [0.29, 0.717) is 19.1 Å². The number of nitrogens with zero attached hydrogens (tertiary/aromatic N) is 2. The first-order valence-electron chi connectivity index (χ1n) is 4.44. The van der Waals surface area contributed by atoms with Gasteiger partial charge in [-0.3, -0.25) is 0 Å². The Hall–Kier alpha value is -0.680. The molecule has 0 aromatic carbocycles. The van der Waals surface area contributed by atoms with Crippen LogP contribution in [0.1, 0.15) is 13.8 Å². The van der Waals surface area contributed by atoms with Gasteiger partial charge in [0.25, 0.3) is 0 Å². The van der Waals surface area contributed by atoms with Crippen molar-refractivity contribution in [1.82, 2.24) is 9.97 Å². The summed E-state index contributed by atoms with van der Waals surface area (Å²) in [5, 5.41) is 0. The van der Waals surface area contributed by atoms with Gasteiger partial charge in [-0.25, -0.2) is 9.97 Å². The molecule has 0 aliphatic heterocycles. The van der Waals surface area contributed by atoms with Crippen molar-refractivity contribution in [3.05, 3.63) is 17.0 Å². The third kappa shape index (κ3) is 3.59. The van der Waals surface area contributed by atoms with Crippen molar-refractivity contribution < 1.29 is 9.47 Å². The SMILES string of the molecule is CCOCC(C)Oc1ncncc1Br. The van der Waals surface area contributed by atoms with E-state index in [1.54, 1.807) is 6.20 Å². The first kappa shape index (κ1) is 11.4. The van der Waals surface area contributed by atoms with Gasteiger partial charge in [0, 0.05) is 12.8 Å². The molecular formula is C9H13BrN2O2. The monoisotopic (exact) mass is 260 g/mol. The Kier molecular flexibility index (Phi) is 4.82. The Labute approximate surface area is 91.8 Å². The molecule has 0 saturated carbocycles. The molecule has 1 heterocycles. The van der Waals surface area contributed by atoms with Crippen molar-refractivity contribution in [3.63, 3.8) is 0 Å². The van der Waals surface area contributed by atoms with E-state index in [1.807, 2.05) is 13.8 Å². The van der Waals surface area contributed by atoms with E-state index in [-0.39, 0.29) is 6.10 Å². The van der Waals surface area contributed by atoms with Gasteiger partial charge in [0.05, 0.1) is 11.1 Å². The molecule has 0 bridgehead atoms. The maximum atomic E-state index is 5.52. The fourth-order valence-corrected chi connectivity index (χ4v) is 1.21. The molecule has 0 saturated heterocycles. The molecular weight excluding hydrogens is 248 g/mol. The molecule has 1 aromatic heterocycles. The minimum atomic E-state index is -0.0128. The second-order valence-electron chi connectivity index (χ2n) is 2.76. The Morgan fingerprint density at radius 2 is 2.36 bits per heavy atom. The summed E-state index contributed by atoms with van der Waals surface area (Å²) in [6, 6.07) is 0. The van der Waals surface area contributed by atoms with E-state index in [1.165, 1.54) is 6.33 Å². The highest BCUT2D eigenvalue weighted by Gasteiger charge is 2.07. The summed E-state index contributed by atoms with van der Waals surface area (Å²) >= 11 is 3.30. The summed E-state index contributed by atoms with van der Waals surface area (Å²) < 4.78 is 11.5. The smallest absolute Gasteiger partial charge is 0.231 e. The average Bonchev–Trinajstić information content (AvgIpc) is 2.18. The van der Waals surface area contributed by atoms with E-state index < -0.39 is 0 Å². The Bertz CT molecular complexity index is 283. The predicted molar refractivity (Wildman–Crippen MR) is 56.3 cm³/mol. The van der Waals surface area contributed by atoms with Crippen molar-refractivity contribution in [2.45, 2.75) is 20.0 Å². The molecule has 4 nitrogen and oxygen atoms in total. The van der Waals surface area contributed by atoms with Gasteiger partial charge in [-0.05, 0) is 29.8 Å². The summed E-state index contributed by atoms with van der Waals surface area (Å²) in [7, 11) is 0. The molecule has 0 amide bonds. The maximum Gasteiger partial charge on any atom is 0.231 e. The van der Waals surface area contributed by atoms with Gasteiger partial charge in [0.15, 0.2) is 0 Å². The summed E-state index contributed by atoms with van der Waals surface area (Å²) in [6.45, 7) is 5.14. The zero-order chi connectivity index (χ0) is 10.4. The standard InChI is InChI=1S/C9H13BrN2O2/c1-3-13-5-7(2)14-9-8(10)4-11-6-12-9/h4,6-7H,3,5H2,1-2H3. The summed E-state index contributed by atoms with van der Waals surface area (Å²) in [5.74, 6) is 0.548. The number of rotatable bonds is 5. The zero-order valence-electron chi connectivity index (χ0n) is 8.24. The van der Waals surface area contributed by atoms with E-state index in [9.17, 15) is 0 Å². The van der Waals surface area contributed by atoms with Gasteiger partial charge < -0.3 is 9.47 Å². The van der Waals surface area contributed by atoms with E-state index in [2.05, 4.69) is 25.9 Å². The van der Waals surface area contributed by atoms with Crippen LogP contribution in [-0.4, -0.2) is 29.3 Å². The third-order valence-electron chi connectivity index (χ3n) is 1.50. The van der Waals surface area contributed by atoms with E-state index in [4.69, 9.17) is 9.47 Å². The molecule has 1 aromatic rings. The van der Waals surface area contributed by atoms with Crippen LogP contribution in [0.2, 0.25) is 0 Å². The zero-order valence-corrected chi connectivity index (χ0v) is 9.82. The lowest BCUT2D eigenvalue weighted by Crippen LogP contribution is -2.19. The van der Waals surface area contributed by atoms with Gasteiger partial charge in [-0.1, -0.05) is 0 Å². The number of hydrogen-bond acceptors (Lipinski definition) is 4. The van der Waals surface area contributed by atoms with Crippen molar-refractivity contribution >= 4 is 15.9 Å². The van der Waals surface area contributed by atoms with Crippen molar-refractivity contribution in [1.29, 1.82) is 0 Å². The highest BCUT2D eigenvalue weighted by Crippen LogP contribution is 2.20. The van der Waals surface area contributed by atoms with Crippen LogP contribution in [0, 0.1) is 0 Å². The summed E-state index contributed by atoms with van der Waals surface area (Å²) in [4.78, 5) is 7.84. The Morgan fingerprint density at radius 1 is 1.57 bits per heavy atom. The van der Waals surface area contributed by atoms with Crippen molar-refractivity contribution in [2.75, 3.05) is 13.2 Å². The first-order valence-corrected chi connectivity index (χ1v) is 5.23. The number of hydrogen-bond donors (Lipinski definition) is 0. The van der Waals surface area contributed by atoms with Gasteiger partial charge in [-0.15, -0.1) is 0 Å². The lowest BCUT2D eigenvalue weighted by Gasteiger charge is -2.13. The number of halogens is 1. The lowest BCUT2D eigenvalue weighted by molar-refractivity contribution is 0.0628. The molecule has 14 heavy (non-hydrogen) atoms. The molecule has 0 spiro atoms. The minimum Gasteiger partial charge on any atom is -0.471 e. The highest BCUT2D eigenvalue weighted by molar-refractivity contribution is 9.10. The maximum absolute atomic E-state index is 5.52. The van der Waals surface area contributed by atoms with Gasteiger partial charge >= 0.3 is 0 Å². The van der Waals surface area contributed by atoms with Crippen molar-refractivity contribution in [2.24, 2.45) is 0 Å². The normalized spacial score (nSPS) is 12.5. The number of aromatic nitrogens is 2. The molecule has 78 valence electrons. The van der Waals surface area contributed by atoms with Crippen LogP contribution in [0.5, 0.6) is 5.88 Å². The Morgan fingerprint density at radius 3 is 3.00 bits per heavy atom. The second kappa shape index (κ2) is 5.93. The average molecular weight is 261 g/mol. The largest absolute Gasteiger partial charge is 0.471 e. The lowest BCUT2D eigenvalue weighted by atomic mass is 10.4. The topological polar surface area (TPSA) is 44.2 Å². The molecule has 0 aliphatic carbocycles. The van der Waals surface area contributed by atoms with Crippen LogP contribution in [0.15, 0.2) is 17.0 Å². The van der Waals surface area contributed by atoms with Gasteiger partial charge in [-0.2, -0.15) is 0 Å². The van der Waals surface area contributed by atoms with Crippen LogP contribution >= 0.6 is 15.9 Å². The summed E-state index contributed by atoms with van der Waals surface area (Å²) in [6.07, 6.45) is 3.09. The van der Waals surface area contributed by atoms with Crippen LogP contribution in [0.4, 0.5) is 0 Å². The highest BCUT2D eigenvalue weighted by atomic mass is 79.9. The Balaban J connectivity index is 2.47. The molecule has 1 unspecified atom stereocenters. The van der Waals surface area contributed by atoms with Crippen molar-refractivity contribution in [3.8, 4) is 5.88 Å². The van der Waals surface area contributed by atoms with Crippen LogP contribution in [0.3, 0.4) is 0 Å². The minimum absolute atomic E-state index is 0.0128. The second-order valence-corrected chi connectivity index (χ2v) is 3.62. The third-order valence-corrected chi connectivity index (χ3v) is 2.05. The van der Waals surface area contributed by atoms with Gasteiger partial charge in [0.2, 0.25) is 5.88 Å². The van der Waals surface area contributed by atoms with E-state index in [0.717, 1.165) is 4.47 Å². The van der Waals surface area contributed by atoms with Gasteiger partial charge in [0.1, 0.15) is 12.4 Å². The first-order chi connectivity index (χ1) is 6.74. The fraction of sp³-hybridized carbons (Fsp3) is 0.556. The quantitative estimate of drug-likeness (QED) is 0.813. The molecule has 5 heteroatoms. The van der Waals surface area contributed by atoms with Crippen LogP contribution < -0.4 is 4.74 Å². The molecule has 0 radical (unpaired) electrons. The molecule has 1 rings (SSSR count). The van der Waals surface area contributed by atoms with Crippen LogP contribution in [-0.2, 0) is 4.74 Å². The molecule has 0 fully saturated rings. The number of ether oxygens (including phenoxy) is 2. The molecule has 1 atom stereocenters. The summed E-state index contributed by atoms with van der Waals surface area (Å²) in [5.41, 5.74) is 0. The van der Waals surface area contributed by atoms with E-state index >= 15 is 0 Å². The predicted octanol–water partition coefficient (Wildman–Crippen LogP) is 2.04. The molecule has 0 N–H and O–H groups in total. The fourth-order valence-electron chi connectivity index (χ4n) is 0.897. The van der Waals surface area contributed by atoms with Crippen LogP contribution in [0.25, 0.3) is 0 Å².